The first-order chi connectivity index (χ1) is 3.98. The molecule has 0 unspecified atom stereocenters. The SMILES string of the molecule is Cl.O=C1C(Cl)C(=O)C1(Cl)Cl. The fourth-order valence-corrected chi connectivity index (χ4v) is 1.47. The van der Waals surface area contributed by atoms with Gasteiger partial charge in [-0.05, 0) is 0 Å². The number of hydrogen-bond donors (Lipinski definition) is 0. The van der Waals surface area contributed by atoms with Crippen molar-refractivity contribution in [3.8, 4) is 0 Å². The van der Waals surface area contributed by atoms with Crippen LogP contribution in [0.4, 0.5) is 0 Å². The Morgan fingerprint density at radius 1 is 1.20 bits per heavy atom. The number of carbonyl (C=O) groups is 2. The second-order valence-electron chi connectivity index (χ2n) is 1.67. The fourth-order valence-electron chi connectivity index (χ4n) is 0.481. The normalized spacial score (nSPS) is 23.5. The second-order valence-corrected chi connectivity index (χ2v) is 3.43. The van der Waals surface area contributed by atoms with Crippen LogP contribution in [0.15, 0.2) is 0 Å². The van der Waals surface area contributed by atoms with Crippen LogP contribution in [0.25, 0.3) is 0 Å². The van der Waals surface area contributed by atoms with Crippen LogP contribution in [0.2, 0.25) is 0 Å². The van der Waals surface area contributed by atoms with Crippen LogP contribution in [-0.2, 0) is 9.59 Å². The van der Waals surface area contributed by atoms with Gasteiger partial charge in [0.1, 0.15) is 0 Å². The molecule has 1 saturated carbocycles. The van der Waals surface area contributed by atoms with Crippen LogP contribution in [0, 0.1) is 0 Å². The fraction of sp³-hybridized carbons (Fsp3) is 0.500. The summed E-state index contributed by atoms with van der Waals surface area (Å²) in [5.74, 6) is -1.25. The molecule has 1 rings (SSSR count). The van der Waals surface area contributed by atoms with Gasteiger partial charge >= 0.3 is 0 Å². The predicted octanol–water partition coefficient (Wildman–Crippen LogP) is 1.34. The molecular weight excluding hydrogens is 222 g/mol. The molecule has 6 heteroatoms. The minimum Gasteiger partial charge on any atom is -0.294 e. The molecule has 0 N–H and O–H groups in total. The summed E-state index contributed by atoms with van der Waals surface area (Å²) in [5, 5.41) is -1.13. The highest BCUT2D eigenvalue weighted by Crippen LogP contribution is 2.38. The van der Waals surface area contributed by atoms with Gasteiger partial charge in [-0.3, -0.25) is 9.59 Å². The van der Waals surface area contributed by atoms with E-state index in [2.05, 4.69) is 0 Å². The maximum atomic E-state index is 10.5. The molecule has 1 aliphatic rings. The van der Waals surface area contributed by atoms with E-state index < -0.39 is 21.3 Å². The molecule has 0 aromatic heterocycles. The van der Waals surface area contributed by atoms with Crippen molar-refractivity contribution in [3.63, 3.8) is 0 Å². The average Bonchev–Trinajstić information content (AvgIpc) is 1.84. The third-order valence-corrected chi connectivity index (χ3v) is 2.22. The molecular formula is C4H2Cl4O2. The number of ketones is 2. The molecule has 0 aromatic rings. The van der Waals surface area contributed by atoms with Crippen molar-refractivity contribution in [2.45, 2.75) is 9.71 Å². The zero-order chi connectivity index (χ0) is 7.23. The molecule has 0 saturated heterocycles. The lowest BCUT2D eigenvalue weighted by molar-refractivity contribution is -0.137. The van der Waals surface area contributed by atoms with Crippen molar-refractivity contribution in [1.29, 1.82) is 0 Å². The van der Waals surface area contributed by atoms with Crippen molar-refractivity contribution in [1.82, 2.24) is 0 Å². The Bertz CT molecular complexity index is 170. The van der Waals surface area contributed by atoms with Gasteiger partial charge in [0, 0.05) is 0 Å². The molecule has 0 radical (unpaired) electrons. The number of hydrogen-bond acceptors (Lipinski definition) is 2. The third kappa shape index (κ3) is 1.14. The van der Waals surface area contributed by atoms with Gasteiger partial charge < -0.3 is 0 Å². The van der Waals surface area contributed by atoms with E-state index in [9.17, 15) is 9.59 Å². The van der Waals surface area contributed by atoms with Crippen molar-refractivity contribution in [2.75, 3.05) is 0 Å². The van der Waals surface area contributed by atoms with E-state index >= 15 is 0 Å². The van der Waals surface area contributed by atoms with Crippen LogP contribution in [-0.4, -0.2) is 21.3 Å². The highest BCUT2D eigenvalue weighted by atomic mass is 35.5. The Labute approximate surface area is 78.2 Å². The zero-order valence-electron chi connectivity index (χ0n) is 4.44. The molecule has 2 nitrogen and oxygen atoms in total. The lowest BCUT2D eigenvalue weighted by Crippen LogP contribution is -2.58. The first-order valence-electron chi connectivity index (χ1n) is 2.08. The molecule has 0 atom stereocenters. The summed E-state index contributed by atoms with van der Waals surface area (Å²) >= 11 is 15.5. The molecule has 1 fully saturated rings. The van der Waals surface area contributed by atoms with Gasteiger partial charge in [0.15, 0.2) is 5.38 Å². The minimum atomic E-state index is -1.85. The quantitative estimate of drug-likeness (QED) is 0.459. The number of alkyl halides is 3. The lowest BCUT2D eigenvalue weighted by atomic mass is 9.94. The van der Waals surface area contributed by atoms with Crippen molar-refractivity contribution in [3.05, 3.63) is 0 Å². The Balaban J connectivity index is 0.000000810. The lowest BCUT2D eigenvalue weighted by Gasteiger charge is -2.29. The van der Waals surface area contributed by atoms with E-state index in [1.807, 2.05) is 0 Å². The van der Waals surface area contributed by atoms with E-state index in [0.717, 1.165) is 0 Å². The van der Waals surface area contributed by atoms with Gasteiger partial charge in [-0.25, -0.2) is 0 Å². The summed E-state index contributed by atoms with van der Waals surface area (Å²) in [5.41, 5.74) is 0. The summed E-state index contributed by atoms with van der Waals surface area (Å²) in [6.45, 7) is 0. The third-order valence-electron chi connectivity index (χ3n) is 1.08. The summed E-state index contributed by atoms with van der Waals surface area (Å²) in [6.07, 6.45) is 0. The van der Waals surface area contributed by atoms with Crippen LogP contribution in [0.5, 0.6) is 0 Å². The Morgan fingerprint density at radius 3 is 1.60 bits per heavy atom. The van der Waals surface area contributed by atoms with E-state index in [1.54, 1.807) is 0 Å². The Kier molecular flexibility index (Phi) is 3.00. The molecule has 0 heterocycles. The standard InChI is InChI=1S/C4HCl3O2.ClH/c5-1-2(8)4(6,7)3(1)9;/h1H;1H. The highest BCUT2D eigenvalue weighted by Gasteiger charge is 2.59. The molecule has 0 bridgehead atoms. The monoisotopic (exact) mass is 222 g/mol. The molecule has 0 spiro atoms. The highest BCUT2D eigenvalue weighted by molar-refractivity contribution is 6.79. The summed E-state index contributed by atoms with van der Waals surface area (Å²) in [6, 6.07) is 0. The summed E-state index contributed by atoms with van der Waals surface area (Å²) in [7, 11) is 0. The van der Waals surface area contributed by atoms with Gasteiger partial charge in [0.25, 0.3) is 0 Å². The summed E-state index contributed by atoms with van der Waals surface area (Å²) < 4.78 is -1.85. The van der Waals surface area contributed by atoms with Crippen molar-refractivity contribution >= 4 is 58.8 Å². The molecule has 0 aromatic carbocycles. The number of carbonyl (C=O) groups excluding carboxylic acids is 2. The molecule has 10 heavy (non-hydrogen) atoms. The first kappa shape index (κ1) is 10.5. The zero-order valence-corrected chi connectivity index (χ0v) is 7.52. The molecule has 1 aliphatic carbocycles. The topological polar surface area (TPSA) is 34.1 Å². The van der Waals surface area contributed by atoms with Gasteiger partial charge in [0.05, 0.1) is 0 Å². The van der Waals surface area contributed by atoms with Crippen LogP contribution in [0.3, 0.4) is 0 Å². The van der Waals surface area contributed by atoms with E-state index in [1.165, 1.54) is 0 Å². The second kappa shape index (κ2) is 2.86. The van der Waals surface area contributed by atoms with Crippen molar-refractivity contribution < 1.29 is 9.59 Å². The maximum absolute atomic E-state index is 10.5. The number of Topliss-reactive ketones (excluding diaryl/α,β-unsaturated/α-hetero) is 2. The predicted molar refractivity (Wildman–Crippen MR) is 41.3 cm³/mol. The van der Waals surface area contributed by atoms with Gasteiger partial charge in [-0.1, -0.05) is 23.2 Å². The van der Waals surface area contributed by atoms with E-state index in [-0.39, 0.29) is 12.4 Å². The number of rotatable bonds is 0. The van der Waals surface area contributed by atoms with Crippen LogP contribution < -0.4 is 0 Å². The first-order valence-corrected chi connectivity index (χ1v) is 3.27. The summed E-state index contributed by atoms with van der Waals surface area (Å²) in [4.78, 5) is 21.0. The average molecular weight is 224 g/mol. The Hall–Kier alpha value is 0.500. The van der Waals surface area contributed by atoms with E-state index in [0.29, 0.717) is 0 Å². The number of halogens is 4. The molecule has 0 amide bonds. The molecule has 58 valence electrons. The van der Waals surface area contributed by atoms with Gasteiger partial charge in [-0.2, -0.15) is 0 Å². The smallest absolute Gasteiger partial charge is 0.237 e. The minimum absolute atomic E-state index is 0. The van der Waals surface area contributed by atoms with Gasteiger partial charge in [0.2, 0.25) is 15.9 Å². The van der Waals surface area contributed by atoms with Crippen molar-refractivity contribution in [2.24, 2.45) is 0 Å². The Morgan fingerprint density at radius 2 is 1.50 bits per heavy atom. The van der Waals surface area contributed by atoms with Gasteiger partial charge in [-0.15, -0.1) is 24.0 Å². The molecule has 0 aliphatic heterocycles. The van der Waals surface area contributed by atoms with Crippen LogP contribution in [0.1, 0.15) is 0 Å². The largest absolute Gasteiger partial charge is 0.294 e. The maximum Gasteiger partial charge on any atom is 0.237 e. The van der Waals surface area contributed by atoms with Crippen LogP contribution >= 0.6 is 47.2 Å². The van der Waals surface area contributed by atoms with E-state index in [4.69, 9.17) is 34.8 Å².